The van der Waals surface area contributed by atoms with Crippen molar-refractivity contribution in [2.75, 3.05) is 33.1 Å². The highest BCUT2D eigenvalue weighted by Crippen LogP contribution is 2.27. The second kappa shape index (κ2) is 9.90. The Labute approximate surface area is 166 Å². The fourth-order valence-electron chi connectivity index (χ4n) is 2.96. The fraction of sp³-hybridized carbons (Fsp3) is 0.364. The van der Waals surface area contributed by atoms with Crippen molar-refractivity contribution >= 4 is 17.4 Å². The van der Waals surface area contributed by atoms with Gasteiger partial charge in [-0.1, -0.05) is 18.2 Å². The molecule has 0 saturated heterocycles. The number of ether oxygens (including phenoxy) is 2. The third-order valence-electron chi connectivity index (χ3n) is 4.95. The second-order valence-electron chi connectivity index (χ2n) is 6.85. The Morgan fingerprint density at radius 2 is 1.75 bits per heavy atom. The number of rotatable bonds is 9. The molecule has 1 unspecified atom stereocenters. The van der Waals surface area contributed by atoms with E-state index in [1.807, 2.05) is 32.2 Å². The molecule has 0 aliphatic rings. The van der Waals surface area contributed by atoms with Gasteiger partial charge in [0.15, 0.2) is 23.3 Å². The van der Waals surface area contributed by atoms with Gasteiger partial charge in [-0.05, 0) is 43.7 Å². The number of ketones is 1. The van der Waals surface area contributed by atoms with Crippen molar-refractivity contribution in [3.8, 4) is 11.5 Å². The van der Waals surface area contributed by atoms with Crippen molar-refractivity contribution < 1.29 is 24.0 Å². The van der Waals surface area contributed by atoms with Crippen LogP contribution in [0.2, 0.25) is 0 Å². The molecule has 0 saturated carbocycles. The van der Waals surface area contributed by atoms with Crippen LogP contribution in [-0.2, 0) is 11.2 Å². The van der Waals surface area contributed by atoms with E-state index in [0.717, 1.165) is 23.4 Å². The standard InChI is InChI=1S/C22H28N2O4/c1-15(22(26)23-19-9-7-6-8-18(19)16(2)25)24(3)13-12-17-10-11-20(27-4)21(14-17)28-5/h6-11,14-15H,12-13H2,1-5H3,(H,23,26)/p+1/t15-/m0/s1. The SMILES string of the molecule is COc1ccc(CC[NH+](C)[C@@H](C)C(=O)Nc2ccccc2C(C)=O)cc1OC. The molecule has 0 aromatic heterocycles. The highest BCUT2D eigenvalue weighted by molar-refractivity contribution is 6.04. The first-order valence-electron chi connectivity index (χ1n) is 9.31. The minimum absolute atomic E-state index is 0.0716. The molecule has 2 atom stereocenters. The summed E-state index contributed by atoms with van der Waals surface area (Å²) >= 11 is 0. The molecule has 1 amide bonds. The Balaban J connectivity index is 1.98. The topological polar surface area (TPSA) is 69.1 Å². The smallest absolute Gasteiger partial charge is 0.282 e. The number of nitrogens with one attached hydrogen (secondary N) is 2. The first-order chi connectivity index (χ1) is 13.4. The van der Waals surface area contributed by atoms with E-state index in [2.05, 4.69) is 5.32 Å². The Hall–Kier alpha value is -2.86. The molecular weight excluding hydrogens is 356 g/mol. The molecule has 0 aliphatic heterocycles. The van der Waals surface area contributed by atoms with Crippen molar-refractivity contribution in [2.24, 2.45) is 0 Å². The summed E-state index contributed by atoms with van der Waals surface area (Å²) in [6, 6.07) is 12.6. The van der Waals surface area contributed by atoms with Gasteiger partial charge < -0.3 is 19.7 Å². The first-order valence-corrected chi connectivity index (χ1v) is 9.31. The molecule has 6 heteroatoms. The van der Waals surface area contributed by atoms with E-state index < -0.39 is 0 Å². The zero-order valence-electron chi connectivity index (χ0n) is 17.2. The highest BCUT2D eigenvalue weighted by Gasteiger charge is 2.23. The minimum Gasteiger partial charge on any atom is -0.493 e. The molecule has 0 heterocycles. The van der Waals surface area contributed by atoms with Gasteiger partial charge in [0, 0.05) is 12.0 Å². The lowest BCUT2D eigenvalue weighted by atomic mass is 10.1. The lowest BCUT2D eigenvalue weighted by Crippen LogP contribution is -3.14. The molecule has 2 N–H and O–H groups in total. The van der Waals surface area contributed by atoms with Crippen molar-refractivity contribution in [1.29, 1.82) is 0 Å². The zero-order chi connectivity index (χ0) is 20.7. The Bertz CT molecular complexity index is 835. The van der Waals surface area contributed by atoms with Crippen LogP contribution >= 0.6 is 0 Å². The van der Waals surface area contributed by atoms with Gasteiger partial charge in [0.1, 0.15) is 0 Å². The van der Waals surface area contributed by atoms with Crippen LogP contribution in [0.15, 0.2) is 42.5 Å². The Morgan fingerprint density at radius 3 is 2.39 bits per heavy atom. The Morgan fingerprint density at radius 1 is 1.07 bits per heavy atom. The third-order valence-corrected chi connectivity index (χ3v) is 4.95. The number of methoxy groups -OCH3 is 2. The maximum atomic E-state index is 12.6. The third kappa shape index (κ3) is 5.33. The maximum absolute atomic E-state index is 12.6. The van der Waals surface area contributed by atoms with Gasteiger partial charge >= 0.3 is 0 Å². The molecule has 2 aromatic carbocycles. The van der Waals surface area contributed by atoms with Gasteiger partial charge in [-0.15, -0.1) is 0 Å². The zero-order valence-corrected chi connectivity index (χ0v) is 17.2. The normalized spacial score (nSPS) is 12.8. The summed E-state index contributed by atoms with van der Waals surface area (Å²) in [7, 11) is 5.21. The quantitative estimate of drug-likeness (QED) is 0.648. The predicted molar refractivity (Wildman–Crippen MR) is 110 cm³/mol. The van der Waals surface area contributed by atoms with Crippen molar-refractivity contribution in [2.45, 2.75) is 26.3 Å². The summed E-state index contributed by atoms with van der Waals surface area (Å²) in [5.74, 6) is 1.21. The summed E-state index contributed by atoms with van der Waals surface area (Å²) in [5, 5.41) is 2.89. The molecule has 0 radical (unpaired) electrons. The van der Waals surface area contributed by atoms with E-state index >= 15 is 0 Å². The number of para-hydroxylation sites is 1. The van der Waals surface area contributed by atoms with E-state index in [9.17, 15) is 9.59 Å². The molecule has 2 rings (SSSR count). The number of Topliss-reactive ketones (excluding diaryl/α,β-unsaturated/α-hetero) is 1. The van der Waals surface area contributed by atoms with E-state index in [1.54, 1.807) is 38.5 Å². The van der Waals surface area contributed by atoms with E-state index in [0.29, 0.717) is 22.7 Å². The van der Waals surface area contributed by atoms with Crippen molar-refractivity contribution in [1.82, 2.24) is 0 Å². The molecule has 0 aliphatic carbocycles. The Kier molecular flexibility index (Phi) is 7.58. The number of hydrogen-bond acceptors (Lipinski definition) is 4. The average Bonchev–Trinajstić information content (AvgIpc) is 2.71. The maximum Gasteiger partial charge on any atom is 0.282 e. The molecule has 0 bridgehead atoms. The van der Waals surface area contributed by atoms with E-state index in [-0.39, 0.29) is 17.7 Å². The van der Waals surface area contributed by atoms with Gasteiger partial charge in [0.05, 0.1) is 33.5 Å². The fourth-order valence-corrected chi connectivity index (χ4v) is 2.96. The van der Waals surface area contributed by atoms with Gasteiger partial charge in [-0.2, -0.15) is 0 Å². The summed E-state index contributed by atoms with van der Waals surface area (Å²) < 4.78 is 10.6. The lowest BCUT2D eigenvalue weighted by molar-refractivity contribution is -0.893. The summed E-state index contributed by atoms with van der Waals surface area (Å²) in [4.78, 5) is 25.5. The number of anilines is 1. The summed E-state index contributed by atoms with van der Waals surface area (Å²) in [6.07, 6.45) is 0.799. The molecule has 28 heavy (non-hydrogen) atoms. The number of hydrogen-bond donors (Lipinski definition) is 2. The van der Waals surface area contributed by atoms with Crippen LogP contribution in [-0.4, -0.2) is 45.5 Å². The number of benzene rings is 2. The average molecular weight is 385 g/mol. The summed E-state index contributed by atoms with van der Waals surface area (Å²) in [6.45, 7) is 4.16. The van der Waals surface area contributed by atoms with Gasteiger partial charge in [0.2, 0.25) is 0 Å². The number of quaternary nitrogens is 1. The van der Waals surface area contributed by atoms with Crippen LogP contribution in [0.1, 0.15) is 29.8 Å². The van der Waals surface area contributed by atoms with Gasteiger partial charge in [0.25, 0.3) is 5.91 Å². The number of carbonyl (C=O) groups excluding carboxylic acids is 2. The van der Waals surface area contributed by atoms with E-state index in [4.69, 9.17) is 9.47 Å². The van der Waals surface area contributed by atoms with Crippen LogP contribution in [0.5, 0.6) is 11.5 Å². The van der Waals surface area contributed by atoms with Crippen LogP contribution in [0.25, 0.3) is 0 Å². The largest absolute Gasteiger partial charge is 0.493 e. The molecule has 0 spiro atoms. The number of carbonyl (C=O) groups is 2. The van der Waals surface area contributed by atoms with Crippen LogP contribution in [0, 0.1) is 0 Å². The highest BCUT2D eigenvalue weighted by atomic mass is 16.5. The number of likely N-dealkylation sites (N-methyl/N-ethyl adjacent to an activating group) is 1. The molecular formula is C22H29N2O4+. The molecule has 0 fully saturated rings. The van der Waals surface area contributed by atoms with Crippen LogP contribution in [0.3, 0.4) is 0 Å². The second-order valence-corrected chi connectivity index (χ2v) is 6.85. The van der Waals surface area contributed by atoms with Crippen molar-refractivity contribution in [3.63, 3.8) is 0 Å². The van der Waals surface area contributed by atoms with Crippen molar-refractivity contribution in [3.05, 3.63) is 53.6 Å². The van der Waals surface area contributed by atoms with Gasteiger partial charge in [-0.25, -0.2) is 0 Å². The lowest BCUT2D eigenvalue weighted by Gasteiger charge is -2.21. The minimum atomic E-state index is -0.264. The number of amides is 1. The van der Waals surface area contributed by atoms with Crippen LogP contribution < -0.4 is 19.7 Å². The molecule has 150 valence electrons. The molecule has 2 aromatic rings. The van der Waals surface area contributed by atoms with E-state index in [1.165, 1.54) is 6.92 Å². The monoisotopic (exact) mass is 385 g/mol. The molecule has 6 nitrogen and oxygen atoms in total. The van der Waals surface area contributed by atoms with Crippen LogP contribution in [0.4, 0.5) is 5.69 Å². The predicted octanol–water partition coefficient (Wildman–Crippen LogP) is 1.99. The van der Waals surface area contributed by atoms with Gasteiger partial charge in [-0.3, -0.25) is 9.59 Å². The first kappa shape index (κ1) is 21.4. The summed E-state index contributed by atoms with van der Waals surface area (Å²) in [5.41, 5.74) is 2.19.